The Kier molecular flexibility index (Phi) is 3.42. The summed E-state index contributed by atoms with van der Waals surface area (Å²) >= 11 is 5.50. The molecule has 0 radical (unpaired) electrons. The predicted molar refractivity (Wildman–Crippen MR) is 93.1 cm³/mol. The van der Waals surface area contributed by atoms with Crippen LogP contribution in [0.15, 0.2) is 28.0 Å². The van der Waals surface area contributed by atoms with Gasteiger partial charge in [0.05, 0.1) is 21.1 Å². The van der Waals surface area contributed by atoms with Gasteiger partial charge in [0, 0.05) is 18.7 Å². The average Bonchev–Trinajstić information content (AvgIpc) is 2.85. The van der Waals surface area contributed by atoms with Gasteiger partial charge >= 0.3 is 0 Å². The maximum Gasteiger partial charge on any atom is 0.274 e. The zero-order chi connectivity index (χ0) is 17.2. The summed E-state index contributed by atoms with van der Waals surface area (Å²) in [6.07, 6.45) is 1.58. The highest BCUT2D eigenvalue weighted by molar-refractivity contribution is 7.91. The third kappa shape index (κ3) is 2.30. The highest BCUT2D eigenvalue weighted by Crippen LogP contribution is 2.42. The summed E-state index contributed by atoms with van der Waals surface area (Å²) in [7, 11) is -1.64. The summed E-state index contributed by atoms with van der Waals surface area (Å²) in [5.41, 5.74) is 2.14. The second kappa shape index (κ2) is 4.88. The first-order chi connectivity index (χ1) is 10.6. The molecule has 7 heteroatoms. The van der Waals surface area contributed by atoms with E-state index in [0.29, 0.717) is 15.3 Å². The zero-order valence-electron chi connectivity index (χ0n) is 13.4. The van der Waals surface area contributed by atoms with Crippen LogP contribution in [0.1, 0.15) is 36.1 Å². The third-order valence-electron chi connectivity index (χ3n) is 4.42. The third-order valence-corrected chi connectivity index (χ3v) is 6.97. The number of rotatable bonds is 2. The van der Waals surface area contributed by atoms with E-state index in [0.717, 1.165) is 16.7 Å². The van der Waals surface area contributed by atoms with E-state index in [1.165, 1.54) is 4.68 Å². The fourth-order valence-electron chi connectivity index (χ4n) is 3.43. The molecule has 0 spiro atoms. The molecule has 1 aromatic carbocycles. The number of thiocarbonyl (C=S) groups is 1. The first-order valence-corrected chi connectivity index (χ1v) is 9.28. The lowest BCUT2D eigenvalue weighted by molar-refractivity contribution is 0.571. The lowest BCUT2D eigenvalue weighted by atomic mass is 9.82. The van der Waals surface area contributed by atoms with Crippen molar-refractivity contribution in [2.75, 3.05) is 5.75 Å². The van der Waals surface area contributed by atoms with E-state index in [1.54, 1.807) is 25.4 Å². The van der Waals surface area contributed by atoms with Gasteiger partial charge in [-0.25, -0.2) is 8.42 Å². The number of H-pyrrole nitrogens is 1. The Hall–Kier alpha value is -1.73. The summed E-state index contributed by atoms with van der Waals surface area (Å²) in [6.45, 7) is 5.72. The molecule has 0 saturated carbocycles. The Labute approximate surface area is 140 Å². The second-order valence-corrected chi connectivity index (χ2v) is 9.00. The van der Waals surface area contributed by atoms with Crippen molar-refractivity contribution in [2.24, 2.45) is 7.05 Å². The van der Waals surface area contributed by atoms with Gasteiger partial charge in [-0.3, -0.25) is 9.48 Å². The quantitative estimate of drug-likeness (QED) is 0.663. The van der Waals surface area contributed by atoms with E-state index in [-0.39, 0.29) is 11.3 Å². The first kappa shape index (κ1) is 16.1. The Morgan fingerprint density at radius 2 is 1.96 bits per heavy atom. The number of fused-ring (bicyclic) bond motifs is 1. The molecule has 0 bridgehead atoms. The molecule has 0 saturated heterocycles. The summed E-state index contributed by atoms with van der Waals surface area (Å²) in [6, 6.07) is 3.33. The molecule has 5 nitrogen and oxygen atoms in total. The number of sulfone groups is 1. The molecule has 23 heavy (non-hydrogen) atoms. The molecule has 1 aliphatic rings. The molecular weight excluding hydrogens is 332 g/mol. The average molecular weight is 350 g/mol. The number of nitrogens with one attached hydrogen (secondary N) is 1. The number of hydrogen-bond donors (Lipinski definition) is 1. The first-order valence-electron chi connectivity index (χ1n) is 7.22. The molecule has 0 atom stereocenters. The van der Waals surface area contributed by atoms with E-state index in [1.807, 2.05) is 20.8 Å². The van der Waals surface area contributed by atoms with Crippen LogP contribution >= 0.6 is 12.2 Å². The Morgan fingerprint density at radius 3 is 2.52 bits per heavy atom. The standard InChI is InChI=1S/C16H18N2O3S2/c1-9-10(14(22)11-7-17-18(4)15(11)19)5-6-12-13(9)16(2,3)8-23(12,20)21/h5-7,17H,8H2,1-4H3. The molecule has 0 fully saturated rings. The van der Waals surface area contributed by atoms with Crippen molar-refractivity contribution in [1.82, 2.24) is 9.78 Å². The van der Waals surface area contributed by atoms with Crippen LogP contribution in [-0.4, -0.2) is 28.8 Å². The van der Waals surface area contributed by atoms with Crippen LogP contribution in [0.25, 0.3) is 0 Å². The Morgan fingerprint density at radius 1 is 1.30 bits per heavy atom. The Balaban J connectivity index is 2.24. The fraction of sp³-hybridized carbons (Fsp3) is 0.375. The maximum atomic E-state index is 12.3. The van der Waals surface area contributed by atoms with E-state index in [2.05, 4.69) is 5.10 Å². The number of aryl methyl sites for hydroxylation is 1. The molecule has 1 aliphatic heterocycles. The second-order valence-electron chi connectivity index (χ2n) is 6.63. The highest BCUT2D eigenvalue weighted by Gasteiger charge is 2.42. The summed E-state index contributed by atoms with van der Waals surface area (Å²) < 4.78 is 26.0. The van der Waals surface area contributed by atoms with Gasteiger partial charge < -0.3 is 5.10 Å². The molecule has 3 rings (SSSR count). The zero-order valence-corrected chi connectivity index (χ0v) is 15.1. The van der Waals surface area contributed by atoms with Crippen molar-refractivity contribution in [2.45, 2.75) is 31.1 Å². The number of nitrogens with zero attached hydrogens (tertiary/aromatic N) is 1. The molecular formula is C16H18N2O3S2. The predicted octanol–water partition coefficient (Wildman–Crippen LogP) is 1.85. The van der Waals surface area contributed by atoms with Crippen molar-refractivity contribution >= 4 is 26.9 Å². The minimum absolute atomic E-state index is 0.0955. The van der Waals surface area contributed by atoms with Gasteiger partial charge in [0.1, 0.15) is 0 Å². The van der Waals surface area contributed by atoms with Crippen molar-refractivity contribution in [3.8, 4) is 0 Å². The van der Waals surface area contributed by atoms with Crippen molar-refractivity contribution in [1.29, 1.82) is 0 Å². The van der Waals surface area contributed by atoms with Gasteiger partial charge in [0.2, 0.25) is 0 Å². The maximum absolute atomic E-state index is 12.3. The molecule has 0 unspecified atom stereocenters. The van der Waals surface area contributed by atoms with Gasteiger partial charge in [-0.2, -0.15) is 0 Å². The molecule has 0 amide bonds. The van der Waals surface area contributed by atoms with Gasteiger partial charge in [-0.15, -0.1) is 0 Å². The molecule has 2 heterocycles. The lowest BCUT2D eigenvalue weighted by Crippen LogP contribution is -2.22. The SMILES string of the molecule is Cc1c(C(=S)c2c[nH]n(C)c2=O)ccc2c1C(C)(C)CS2(=O)=O. The monoisotopic (exact) mass is 350 g/mol. The van der Waals surface area contributed by atoms with Crippen molar-refractivity contribution in [3.63, 3.8) is 0 Å². The van der Waals surface area contributed by atoms with Crippen LogP contribution in [0.3, 0.4) is 0 Å². The van der Waals surface area contributed by atoms with Gasteiger partial charge in [0.25, 0.3) is 5.56 Å². The van der Waals surface area contributed by atoms with Gasteiger partial charge in [-0.05, 0) is 29.7 Å². The van der Waals surface area contributed by atoms with E-state index < -0.39 is 15.3 Å². The van der Waals surface area contributed by atoms with Gasteiger partial charge in [-0.1, -0.05) is 32.1 Å². The highest BCUT2D eigenvalue weighted by atomic mass is 32.2. The summed E-state index contributed by atoms with van der Waals surface area (Å²) in [5.74, 6) is 0.0955. The lowest BCUT2D eigenvalue weighted by Gasteiger charge is -2.21. The molecule has 122 valence electrons. The number of benzene rings is 1. The topological polar surface area (TPSA) is 71.9 Å². The number of aromatic nitrogens is 2. The fourth-order valence-corrected chi connectivity index (χ4v) is 6.06. The smallest absolute Gasteiger partial charge is 0.274 e. The largest absolute Gasteiger partial charge is 0.302 e. The minimum Gasteiger partial charge on any atom is -0.302 e. The van der Waals surface area contributed by atoms with Crippen LogP contribution in [-0.2, 0) is 22.3 Å². The van der Waals surface area contributed by atoms with Crippen LogP contribution in [0, 0.1) is 6.92 Å². The van der Waals surface area contributed by atoms with Crippen molar-refractivity contribution in [3.05, 3.63) is 50.9 Å². The Bertz CT molecular complexity index is 995. The minimum atomic E-state index is -3.26. The number of hydrogen-bond acceptors (Lipinski definition) is 4. The van der Waals surface area contributed by atoms with Crippen LogP contribution in [0.5, 0.6) is 0 Å². The summed E-state index contributed by atoms with van der Waals surface area (Å²) in [5, 5.41) is 2.81. The molecule has 0 aliphatic carbocycles. The van der Waals surface area contributed by atoms with E-state index in [9.17, 15) is 13.2 Å². The molecule has 1 aromatic heterocycles. The van der Waals surface area contributed by atoms with Crippen LogP contribution in [0.4, 0.5) is 0 Å². The van der Waals surface area contributed by atoms with E-state index in [4.69, 9.17) is 12.2 Å². The normalized spacial score (nSPS) is 17.9. The number of aromatic amines is 1. The van der Waals surface area contributed by atoms with Crippen LogP contribution < -0.4 is 5.56 Å². The molecule has 1 N–H and O–H groups in total. The summed E-state index contributed by atoms with van der Waals surface area (Å²) in [4.78, 5) is 12.9. The molecule has 2 aromatic rings. The van der Waals surface area contributed by atoms with Gasteiger partial charge in [0.15, 0.2) is 9.84 Å². The van der Waals surface area contributed by atoms with E-state index >= 15 is 0 Å². The van der Waals surface area contributed by atoms with Crippen LogP contribution in [0.2, 0.25) is 0 Å². The van der Waals surface area contributed by atoms with Crippen molar-refractivity contribution < 1.29 is 8.42 Å².